The van der Waals surface area contributed by atoms with Crippen LogP contribution in [0, 0.1) is 0 Å². The highest BCUT2D eigenvalue weighted by atomic mass is 35.5. The smallest absolute Gasteiger partial charge is 0.259 e. The first-order chi connectivity index (χ1) is 13.7. The summed E-state index contributed by atoms with van der Waals surface area (Å²) in [4.78, 5) is 17.2. The summed E-state index contributed by atoms with van der Waals surface area (Å²) in [6, 6.07) is 24.0. The van der Waals surface area contributed by atoms with Gasteiger partial charge in [0, 0.05) is 16.6 Å². The van der Waals surface area contributed by atoms with Crippen molar-refractivity contribution in [2.24, 2.45) is 0 Å². The molecule has 138 valence electrons. The van der Waals surface area contributed by atoms with Crippen molar-refractivity contribution in [1.82, 2.24) is 4.98 Å². The molecule has 0 fully saturated rings. The number of nitrogens with zero attached hydrogens (tertiary/aromatic N) is 1. The largest absolute Gasteiger partial charge is 0.488 e. The third-order valence-electron chi connectivity index (χ3n) is 4.33. The highest BCUT2D eigenvalue weighted by molar-refractivity contribution is 6.30. The molecule has 3 aromatic carbocycles. The van der Waals surface area contributed by atoms with E-state index in [2.05, 4.69) is 10.3 Å². The van der Waals surface area contributed by atoms with Gasteiger partial charge >= 0.3 is 0 Å². The Bertz CT molecular complexity index is 1120. The molecule has 5 heteroatoms. The molecule has 1 amide bonds. The van der Waals surface area contributed by atoms with Crippen LogP contribution in [0.25, 0.3) is 10.9 Å². The van der Waals surface area contributed by atoms with Gasteiger partial charge in [-0.25, -0.2) is 0 Å². The number of anilines is 1. The molecule has 0 spiro atoms. The summed E-state index contributed by atoms with van der Waals surface area (Å²) in [6.07, 6.45) is 1.73. The van der Waals surface area contributed by atoms with Crippen LogP contribution in [0.1, 0.15) is 15.9 Å². The van der Waals surface area contributed by atoms with Crippen LogP contribution in [-0.2, 0) is 6.61 Å². The fourth-order valence-corrected chi connectivity index (χ4v) is 3.05. The van der Waals surface area contributed by atoms with E-state index >= 15 is 0 Å². The summed E-state index contributed by atoms with van der Waals surface area (Å²) < 4.78 is 5.89. The molecule has 4 rings (SSSR count). The highest BCUT2D eigenvalue weighted by Gasteiger charge is 2.14. The predicted octanol–water partition coefficient (Wildman–Crippen LogP) is 5.72. The van der Waals surface area contributed by atoms with Gasteiger partial charge in [0.05, 0.1) is 16.8 Å². The number of para-hydroxylation sites is 1. The van der Waals surface area contributed by atoms with E-state index in [9.17, 15) is 4.79 Å². The molecule has 0 aliphatic carbocycles. The first kappa shape index (κ1) is 18.0. The molecule has 4 aromatic rings. The van der Waals surface area contributed by atoms with Gasteiger partial charge < -0.3 is 10.1 Å². The maximum atomic E-state index is 12.9. The van der Waals surface area contributed by atoms with Gasteiger partial charge in [0.25, 0.3) is 5.91 Å². The zero-order chi connectivity index (χ0) is 19.3. The van der Waals surface area contributed by atoms with E-state index in [0.717, 1.165) is 16.5 Å². The lowest BCUT2D eigenvalue weighted by molar-refractivity contribution is 0.102. The van der Waals surface area contributed by atoms with E-state index in [1.54, 1.807) is 18.3 Å². The van der Waals surface area contributed by atoms with Crippen molar-refractivity contribution in [2.45, 2.75) is 6.61 Å². The maximum absolute atomic E-state index is 12.9. The Morgan fingerprint density at radius 3 is 2.61 bits per heavy atom. The number of aromatic nitrogens is 1. The number of pyridine rings is 1. The summed E-state index contributed by atoms with van der Waals surface area (Å²) in [5.41, 5.74) is 2.98. The van der Waals surface area contributed by atoms with Crippen LogP contribution < -0.4 is 10.1 Å². The topological polar surface area (TPSA) is 51.2 Å². The van der Waals surface area contributed by atoms with Crippen molar-refractivity contribution < 1.29 is 9.53 Å². The van der Waals surface area contributed by atoms with Crippen molar-refractivity contribution in [1.29, 1.82) is 0 Å². The minimum Gasteiger partial charge on any atom is -0.488 e. The lowest BCUT2D eigenvalue weighted by atomic mass is 10.1. The number of carbonyl (C=O) groups excluding carboxylic acids is 1. The van der Waals surface area contributed by atoms with Crippen LogP contribution in [0.5, 0.6) is 5.75 Å². The molecular weight excluding hydrogens is 372 g/mol. The van der Waals surface area contributed by atoms with Gasteiger partial charge in [-0.1, -0.05) is 41.9 Å². The second kappa shape index (κ2) is 8.11. The molecule has 0 atom stereocenters. The SMILES string of the molecule is O=C(Nc1cccc2ncccc12)c1ccccc1OCc1ccc(Cl)cc1. The van der Waals surface area contributed by atoms with E-state index < -0.39 is 0 Å². The molecule has 0 saturated carbocycles. The molecule has 4 nitrogen and oxygen atoms in total. The molecule has 1 aromatic heterocycles. The van der Waals surface area contributed by atoms with Gasteiger partial charge in [0.15, 0.2) is 0 Å². The van der Waals surface area contributed by atoms with Gasteiger partial charge in [-0.05, 0) is 54.1 Å². The van der Waals surface area contributed by atoms with Crippen molar-refractivity contribution in [3.8, 4) is 5.75 Å². The second-order valence-electron chi connectivity index (χ2n) is 6.24. The number of ether oxygens (including phenoxy) is 1. The average Bonchev–Trinajstić information content (AvgIpc) is 2.74. The summed E-state index contributed by atoms with van der Waals surface area (Å²) >= 11 is 5.92. The fraction of sp³-hybridized carbons (Fsp3) is 0.0435. The quantitative estimate of drug-likeness (QED) is 0.475. The number of benzene rings is 3. The average molecular weight is 389 g/mol. The van der Waals surface area contributed by atoms with Gasteiger partial charge in [-0.2, -0.15) is 0 Å². The van der Waals surface area contributed by atoms with Crippen LogP contribution in [0.2, 0.25) is 5.02 Å². The number of hydrogen-bond acceptors (Lipinski definition) is 3. The number of hydrogen-bond donors (Lipinski definition) is 1. The Kier molecular flexibility index (Phi) is 5.22. The zero-order valence-corrected chi connectivity index (χ0v) is 15.7. The van der Waals surface area contributed by atoms with Crippen LogP contribution in [0.15, 0.2) is 85.1 Å². The summed E-state index contributed by atoms with van der Waals surface area (Å²) in [7, 11) is 0. The standard InChI is InChI=1S/C23H17ClN2O2/c24-17-12-10-16(11-13-17)15-28-22-9-2-1-5-19(22)23(27)26-21-8-3-7-20-18(21)6-4-14-25-20/h1-14H,15H2,(H,26,27). The van der Waals surface area contributed by atoms with E-state index in [1.807, 2.05) is 66.7 Å². The molecule has 0 aliphatic heterocycles. The second-order valence-corrected chi connectivity index (χ2v) is 6.68. The normalized spacial score (nSPS) is 10.6. The van der Waals surface area contributed by atoms with Crippen molar-refractivity contribution in [2.75, 3.05) is 5.32 Å². The fourth-order valence-electron chi connectivity index (χ4n) is 2.92. The third-order valence-corrected chi connectivity index (χ3v) is 4.59. The summed E-state index contributed by atoms with van der Waals surface area (Å²) in [5, 5.41) is 4.53. The van der Waals surface area contributed by atoms with Crippen LogP contribution in [0.4, 0.5) is 5.69 Å². The Balaban J connectivity index is 1.55. The molecule has 0 radical (unpaired) electrons. The molecule has 1 heterocycles. The molecular formula is C23H17ClN2O2. The van der Waals surface area contributed by atoms with Gasteiger partial charge in [0.1, 0.15) is 12.4 Å². The minimum atomic E-state index is -0.233. The Morgan fingerprint density at radius 2 is 1.75 bits per heavy atom. The van der Waals surface area contributed by atoms with E-state index in [0.29, 0.717) is 28.6 Å². The van der Waals surface area contributed by atoms with Gasteiger partial charge in [-0.3, -0.25) is 9.78 Å². The van der Waals surface area contributed by atoms with Gasteiger partial charge in [0.2, 0.25) is 0 Å². The highest BCUT2D eigenvalue weighted by Crippen LogP contribution is 2.25. The molecule has 1 N–H and O–H groups in total. The number of nitrogens with one attached hydrogen (secondary N) is 1. The maximum Gasteiger partial charge on any atom is 0.259 e. The number of carbonyl (C=O) groups is 1. The van der Waals surface area contributed by atoms with Crippen molar-refractivity contribution in [3.05, 3.63) is 101 Å². The van der Waals surface area contributed by atoms with E-state index in [4.69, 9.17) is 16.3 Å². The molecule has 0 bridgehead atoms. The first-order valence-electron chi connectivity index (χ1n) is 8.82. The number of amides is 1. The Hall–Kier alpha value is -3.37. The summed E-state index contributed by atoms with van der Waals surface area (Å²) in [6.45, 7) is 0.347. The molecule has 0 aliphatic rings. The number of halogens is 1. The van der Waals surface area contributed by atoms with Crippen molar-refractivity contribution in [3.63, 3.8) is 0 Å². The van der Waals surface area contributed by atoms with Crippen LogP contribution >= 0.6 is 11.6 Å². The Labute approximate surface area is 167 Å². The van der Waals surface area contributed by atoms with Crippen molar-refractivity contribution >= 4 is 34.1 Å². The van der Waals surface area contributed by atoms with Gasteiger partial charge in [-0.15, -0.1) is 0 Å². The predicted molar refractivity (Wildman–Crippen MR) is 112 cm³/mol. The molecule has 28 heavy (non-hydrogen) atoms. The number of rotatable bonds is 5. The summed E-state index contributed by atoms with van der Waals surface area (Å²) in [5.74, 6) is 0.288. The zero-order valence-electron chi connectivity index (χ0n) is 14.9. The minimum absolute atomic E-state index is 0.233. The lowest BCUT2D eigenvalue weighted by Crippen LogP contribution is -2.14. The molecule has 0 unspecified atom stereocenters. The lowest BCUT2D eigenvalue weighted by Gasteiger charge is -2.13. The third kappa shape index (κ3) is 3.97. The van der Waals surface area contributed by atoms with E-state index in [-0.39, 0.29) is 5.91 Å². The van der Waals surface area contributed by atoms with Crippen LogP contribution in [-0.4, -0.2) is 10.9 Å². The first-order valence-corrected chi connectivity index (χ1v) is 9.20. The number of fused-ring (bicyclic) bond motifs is 1. The van der Waals surface area contributed by atoms with E-state index in [1.165, 1.54) is 0 Å². The monoisotopic (exact) mass is 388 g/mol. The molecule has 0 saturated heterocycles. The Morgan fingerprint density at radius 1 is 0.929 bits per heavy atom. The van der Waals surface area contributed by atoms with Crippen LogP contribution in [0.3, 0.4) is 0 Å².